The maximum atomic E-state index is 13.0. The second-order valence-electron chi connectivity index (χ2n) is 6.67. The van der Waals surface area contributed by atoms with E-state index in [-0.39, 0.29) is 5.91 Å². The summed E-state index contributed by atoms with van der Waals surface area (Å²) in [7, 11) is 0. The average Bonchev–Trinajstić information content (AvgIpc) is 3.01. The van der Waals surface area contributed by atoms with E-state index >= 15 is 0 Å². The summed E-state index contributed by atoms with van der Waals surface area (Å²) in [6.07, 6.45) is 11.7. The lowest BCUT2D eigenvalue weighted by Crippen LogP contribution is -2.34. The second-order valence-corrected chi connectivity index (χ2v) is 6.67. The van der Waals surface area contributed by atoms with Gasteiger partial charge in [-0.25, -0.2) is 0 Å². The largest absolute Gasteiger partial charge is 0.339 e. The van der Waals surface area contributed by atoms with E-state index in [4.69, 9.17) is 0 Å². The van der Waals surface area contributed by atoms with Crippen LogP contribution in [-0.4, -0.2) is 23.9 Å². The molecule has 2 aliphatic rings. The first-order chi connectivity index (χ1) is 11.1. The summed E-state index contributed by atoms with van der Waals surface area (Å²) in [5.41, 5.74) is 4.61. The lowest BCUT2D eigenvalue weighted by atomic mass is 9.79. The van der Waals surface area contributed by atoms with Crippen LogP contribution in [0.5, 0.6) is 0 Å². The van der Waals surface area contributed by atoms with Crippen molar-refractivity contribution in [2.24, 2.45) is 0 Å². The van der Waals surface area contributed by atoms with Crippen molar-refractivity contribution in [3.8, 4) is 0 Å². The summed E-state index contributed by atoms with van der Waals surface area (Å²) in [5, 5.41) is 0. The molecule has 1 amide bonds. The number of amides is 1. The fourth-order valence-electron chi connectivity index (χ4n) is 3.77. The fourth-order valence-corrected chi connectivity index (χ4v) is 3.77. The highest BCUT2D eigenvalue weighted by Gasteiger charge is 2.34. The van der Waals surface area contributed by atoms with Gasteiger partial charge in [0.15, 0.2) is 0 Å². The summed E-state index contributed by atoms with van der Waals surface area (Å²) in [5.74, 6) is 1.53. The molecular formula is C21H32NO. The number of unbranched alkanes of at least 4 members (excludes halogenated alkanes) is 3. The zero-order valence-corrected chi connectivity index (χ0v) is 15.2. The molecule has 0 unspecified atom stereocenters. The summed E-state index contributed by atoms with van der Waals surface area (Å²) in [6, 6.07) is 0. The molecule has 1 radical (unpaired) electrons. The molecule has 1 fully saturated rings. The zero-order chi connectivity index (χ0) is 16.8. The SMILES string of the molecule is C=C1[C]2CCCC2=CC(CCCCCC)=C1C(=O)N(CC)CC. The molecule has 0 aromatic rings. The third kappa shape index (κ3) is 3.97. The van der Waals surface area contributed by atoms with E-state index < -0.39 is 0 Å². The number of nitrogens with zero attached hydrogens (tertiary/aromatic N) is 1. The van der Waals surface area contributed by atoms with Crippen molar-refractivity contribution in [1.29, 1.82) is 0 Å². The average molecular weight is 314 g/mol. The van der Waals surface area contributed by atoms with Crippen molar-refractivity contribution in [3.05, 3.63) is 40.9 Å². The van der Waals surface area contributed by atoms with Crippen molar-refractivity contribution in [2.75, 3.05) is 13.1 Å². The molecule has 0 spiro atoms. The van der Waals surface area contributed by atoms with Crippen LogP contribution < -0.4 is 0 Å². The Balaban J connectivity index is 2.27. The van der Waals surface area contributed by atoms with E-state index in [1.165, 1.54) is 49.2 Å². The predicted octanol–water partition coefficient (Wildman–Crippen LogP) is 5.38. The Hall–Kier alpha value is -1.31. The molecule has 127 valence electrons. The number of carbonyl (C=O) groups excluding carboxylic acids is 1. The van der Waals surface area contributed by atoms with Crippen molar-refractivity contribution < 1.29 is 4.79 Å². The van der Waals surface area contributed by atoms with E-state index in [0.29, 0.717) is 0 Å². The molecular weight excluding hydrogens is 282 g/mol. The minimum atomic E-state index is 0.181. The molecule has 0 N–H and O–H groups in total. The summed E-state index contributed by atoms with van der Waals surface area (Å²) in [6.45, 7) is 12.2. The van der Waals surface area contributed by atoms with Crippen molar-refractivity contribution >= 4 is 5.91 Å². The Kier molecular flexibility index (Phi) is 6.68. The maximum absolute atomic E-state index is 13.0. The molecule has 0 saturated heterocycles. The predicted molar refractivity (Wildman–Crippen MR) is 98.0 cm³/mol. The molecule has 2 nitrogen and oxygen atoms in total. The molecule has 0 bridgehead atoms. The molecule has 1 saturated carbocycles. The van der Waals surface area contributed by atoms with E-state index in [1.54, 1.807) is 0 Å². The number of hydrogen-bond acceptors (Lipinski definition) is 1. The van der Waals surface area contributed by atoms with Crippen LogP contribution in [0.15, 0.2) is 34.9 Å². The monoisotopic (exact) mass is 314 g/mol. The summed E-state index contributed by atoms with van der Waals surface area (Å²) < 4.78 is 0. The van der Waals surface area contributed by atoms with Gasteiger partial charge in [0, 0.05) is 24.6 Å². The van der Waals surface area contributed by atoms with Gasteiger partial charge in [0.1, 0.15) is 0 Å². The molecule has 2 rings (SSSR count). The molecule has 0 aromatic carbocycles. The number of carbonyl (C=O) groups is 1. The van der Waals surface area contributed by atoms with Crippen molar-refractivity contribution in [1.82, 2.24) is 4.90 Å². The van der Waals surface area contributed by atoms with Gasteiger partial charge >= 0.3 is 0 Å². The normalized spacial score (nSPS) is 18.2. The lowest BCUT2D eigenvalue weighted by Gasteiger charge is -2.29. The van der Waals surface area contributed by atoms with Gasteiger partial charge < -0.3 is 4.90 Å². The number of likely N-dealkylation sites (N-methyl/N-ethyl adjacent to an activating group) is 1. The van der Waals surface area contributed by atoms with Gasteiger partial charge in [-0.05, 0) is 57.1 Å². The number of allylic oxidation sites excluding steroid dienone is 3. The zero-order valence-electron chi connectivity index (χ0n) is 15.2. The standard InChI is InChI=1S/C21H32NO/c1-5-8-9-10-12-18-15-17-13-11-14-19(17)16(4)20(18)21(23)22(6-2)7-3/h15H,4-14H2,1-3H3. The molecule has 0 atom stereocenters. The maximum Gasteiger partial charge on any atom is 0.254 e. The highest BCUT2D eigenvalue weighted by Crippen LogP contribution is 2.46. The Bertz CT molecular complexity index is 508. The summed E-state index contributed by atoms with van der Waals surface area (Å²) in [4.78, 5) is 15.0. The van der Waals surface area contributed by atoms with Crippen LogP contribution in [0, 0.1) is 5.92 Å². The first-order valence-corrected chi connectivity index (χ1v) is 9.42. The Morgan fingerprint density at radius 2 is 1.87 bits per heavy atom. The number of fused-ring (bicyclic) bond motifs is 1. The van der Waals surface area contributed by atoms with E-state index in [1.807, 2.05) is 4.90 Å². The van der Waals surface area contributed by atoms with E-state index in [0.717, 1.165) is 43.5 Å². The minimum absolute atomic E-state index is 0.181. The topological polar surface area (TPSA) is 20.3 Å². The van der Waals surface area contributed by atoms with Crippen LogP contribution in [0.2, 0.25) is 0 Å². The summed E-state index contributed by atoms with van der Waals surface area (Å²) >= 11 is 0. The quantitative estimate of drug-likeness (QED) is 0.551. The van der Waals surface area contributed by atoms with Gasteiger partial charge in [-0.2, -0.15) is 0 Å². The highest BCUT2D eigenvalue weighted by molar-refractivity contribution is 6.01. The van der Waals surface area contributed by atoms with Crippen LogP contribution in [0.3, 0.4) is 0 Å². The molecule has 23 heavy (non-hydrogen) atoms. The van der Waals surface area contributed by atoms with E-state index in [9.17, 15) is 4.79 Å². The van der Waals surface area contributed by atoms with Gasteiger partial charge in [-0.1, -0.05) is 44.4 Å². The van der Waals surface area contributed by atoms with Crippen molar-refractivity contribution in [2.45, 2.75) is 72.1 Å². The number of hydrogen-bond donors (Lipinski definition) is 0. The third-order valence-electron chi connectivity index (χ3n) is 5.16. The van der Waals surface area contributed by atoms with Crippen LogP contribution >= 0.6 is 0 Å². The van der Waals surface area contributed by atoms with Gasteiger partial charge in [0.05, 0.1) is 0 Å². The van der Waals surface area contributed by atoms with Gasteiger partial charge in [0.25, 0.3) is 5.91 Å². The van der Waals surface area contributed by atoms with Crippen LogP contribution in [0.1, 0.15) is 72.1 Å². The van der Waals surface area contributed by atoms with E-state index in [2.05, 4.69) is 33.4 Å². The smallest absolute Gasteiger partial charge is 0.254 e. The molecule has 2 heteroatoms. The number of rotatable bonds is 8. The Morgan fingerprint density at radius 1 is 1.13 bits per heavy atom. The van der Waals surface area contributed by atoms with Crippen LogP contribution in [-0.2, 0) is 4.79 Å². The molecule has 0 aliphatic heterocycles. The molecule has 0 aromatic heterocycles. The Morgan fingerprint density at radius 3 is 2.52 bits per heavy atom. The first-order valence-electron chi connectivity index (χ1n) is 9.42. The highest BCUT2D eigenvalue weighted by atomic mass is 16.2. The van der Waals surface area contributed by atoms with Crippen LogP contribution in [0.25, 0.3) is 0 Å². The Labute approximate surface area is 142 Å². The fraction of sp³-hybridized carbons (Fsp3) is 0.619. The van der Waals surface area contributed by atoms with Crippen molar-refractivity contribution in [3.63, 3.8) is 0 Å². The van der Waals surface area contributed by atoms with Gasteiger partial charge in [-0.3, -0.25) is 4.79 Å². The third-order valence-corrected chi connectivity index (χ3v) is 5.16. The molecule has 2 aliphatic carbocycles. The lowest BCUT2D eigenvalue weighted by molar-refractivity contribution is -0.126. The van der Waals surface area contributed by atoms with Crippen LogP contribution in [0.4, 0.5) is 0 Å². The first kappa shape index (κ1) is 18.0. The van der Waals surface area contributed by atoms with Gasteiger partial charge in [0.2, 0.25) is 0 Å². The molecule has 0 heterocycles. The van der Waals surface area contributed by atoms with Gasteiger partial charge in [-0.15, -0.1) is 0 Å². The minimum Gasteiger partial charge on any atom is -0.339 e. The second kappa shape index (κ2) is 8.52.